The van der Waals surface area contributed by atoms with Gasteiger partial charge in [-0.1, -0.05) is 29.3 Å². The van der Waals surface area contributed by atoms with E-state index in [1.54, 1.807) is 12.1 Å². The summed E-state index contributed by atoms with van der Waals surface area (Å²) >= 11 is 11.7. The summed E-state index contributed by atoms with van der Waals surface area (Å²) in [5, 5.41) is 1.02. The van der Waals surface area contributed by atoms with Crippen molar-refractivity contribution in [2.24, 2.45) is 5.92 Å². The van der Waals surface area contributed by atoms with E-state index in [0.717, 1.165) is 12.0 Å². The Kier molecular flexibility index (Phi) is 3.55. The van der Waals surface area contributed by atoms with Crippen LogP contribution in [0.3, 0.4) is 0 Å². The largest absolute Gasteiger partial charge is 0.292 e. The number of halogens is 3. The van der Waals surface area contributed by atoms with Crippen LogP contribution in [-0.4, -0.2) is 5.78 Å². The molecule has 0 amide bonds. The molecule has 1 saturated carbocycles. The van der Waals surface area contributed by atoms with Crippen LogP contribution in [0.2, 0.25) is 10.0 Å². The third kappa shape index (κ3) is 2.88. The molecule has 1 aliphatic carbocycles. The van der Waals surface area contributed by atoms with Crippen LogP contribution < -0.4 is 0 Å². The van der Waals surface area contributed by atoms with Crippen LogP contribution in [0, 0.1) is 5.92 Å². The Bertz CT molecular complexity index is 496. The quantitative estimate of drug-likeness (QED) is 0.739. The molecule has 2 rings (SSSR count). The highest BCUT2D eigenvalue weighted by molar-refractivity contribution is 6.42. The lowest BCUT2D eigenvalue weighted by atomic mass is 10.1. The molecule has 1 fully saturated rings. The Morgan fingerprint density at radius 2 is 2.12 bits per heavy atom. The highest BCUT2D eigenvalue weighted by Gasteiger charge is 2.37. The van der Waals surface area contributed by atoms with Gasteiger partial charge in [-0.25, -0.2) is 4.39 Å². The van der Waals surface area contributed by atoms with Crippen molar-refractivity contribution < 1.29 is 9.18 Å². The molecule has 2 unspecified atom stereocenters. The zero-order valence-electron chi connectivity index (χ0n) is 9.21. The molecule has 0 saturated heterocycles. The maximum Gasteiger partial charge on any atom is 0.187 e. The second kappa shape index (κ2) is 4.79. The standard InChI is InChI=1S/C13H11Cl2FO/c1-7(17)13(16)6-9-4-10(9)8-2-3-11(14)12(15)5-8/h2-3,5-6,9-10H,4H2,1H3. The Morgan fingerprint density at radius 1 is 1.41 bits per heavy atom. The smallest absolute Gasteiger partial charge is 0.187 e. The third-order valence-corrected chi connectivity index (χ3v) is 3.65. The van der Waals surface area contributed by atoms with E-state index in [1.807, 2.05) is 6.07 Å². The van der Waals surface area contributed by atoms with Gasteiger partial charge in [0.2, 0.25) is 0 Å². The predicted octanol–water partition coefficient (Wildman–Crippen LogP) is 4.54. The molecular formula is C13H11Cl2FO. The van der Waals surface area contributed by atoms with Crippen molar-refractivity contribution in [3.05, 3.63) is 45.7 Å². The van der Waals surface area contributed by atoms with Gasteiger partial charge in [0.25, 0.3) is 0 Å². The maximum atomic E-state index is 13.1. The SMILES string of the molecule is CC(=O)C(F)=CC1CC1c1ccc(Cl)c(Cl)c1. The molecule has 1 aromatic rings. The molecule has 1 aromatic carbocycles. The molecule has 0 N–H and O–H groups in total. The molecule has 0 aromatic heterocycles. The number of Topliss-reactive ketones (excluding diaryl/α,β-unsaturated/α-hetero) is 1. The molecule has 0 spiro atoms. The minimum atomic E-state index is -0.655. The van der Waals surface area contributed by atoms with Gasteiger partial charge in [-0.05, 0) is 42.0 Å². The number of allylic oxidation sites excluding steroid dienone is 2. The zero-order valence-corrected chi connectivity index (χ0v) is 10.7. The van der Waals surface area contributed by atoms with E-state index in [0.29, 0.717) is 10.0 Å². The number of hydrogen-bond donors (Lipinski definition) is 0. The van der Waals surface area contributed by atoms with Crippen LogP contribution in [0.1, 0.15) is 24.8 Å². The van der Waals surface area contributed by atoms with Gasteiger partial charge in [-0.2, -0.15) is 0 Å². The van der Waals surface area contributed by atoms with E-state index in [9.17, 15) is 9.18 Å². The molecule has 0 aliphatic heterocycles. The van der Waals surface area contributed by atoms with Gasteiger partial charge >= 0.3 is 0 Å². The lowest BCUT2D eigenvalue weighted by Crippen LogP contribution is -1.91. The average Bonchev–Trinajstić information content (AvgIpc) is 3.01. The molecule has 17 heavy (non-hydrogen) atoms. The van der Waals surface area contributed by atoms with Crippen LogP contribution in [-0.2, 0) is 4.79 Å². The lowest BCUT2D eigenvalue weighted by Gasteiger charge is -2.01. The number of carbonyl (C=O) groups excluding carboxylic acids is 1. The van der Waals surface area contributed by atoms with E-state index in [4.69, 9.17) is 23.2 Å². The lowest BCUT2D eigenvalue weighted by molar-refractivity contribution is -0.114. The molecule has 0 bridgehead atoms. The molecule has 1 aliphatic rings. The fourth-order valence-electron chi connectivity index (χ4n) is 1.83. The van der Waals surface area contributed by atoms with Crippen molar-refractivity contribution >= 4 is 29.0 Å². The zero-order chi connectivity index (χ0) is 12.6. The van der Waals surface area contributed by atoms with Crippen molar-refractivity contribution in [1.82, 2.24) is 0 Å². The average molecular weight is 273 g/mol. The minimum Gasteiger partial charge on any atom is -0.292 e. The van der Waals surface area contributed by atoms with Crippen LogP contribution in [0.15, 0.2) is 30.1 Å². The van der Waals surface area contributed by atoms with E-state index >= 15 is 0 Å². The number of hydrogen-bond acceptors (Lipinski definition) is 1. The molecule has 2 atom stereocenters. The summed E-state index contributed by atoms with van der Waals surface area (Å²) in [6.45, 7) is 1.22. The van der Waals surface area contributed by atoms with Gasteiger partial charge in [-0.3, -0.25) is 4.79 Å². The van der Waals surface area contributed by atoms with Crippen LogP contribution in [0.4, 0.5) is 4.39 Å². The summed E-state index contributed by atoms with van der Waals surface area (Å²) in [7, 11) is 0. The summed E-state index contributed by atoms with van der Waals surface area (Å²) in [6.07, 6.45) is 2.24. The summed E-state index contributed by atoms with van der Waals surface area (Å²) < 4.78 is 13.1. The topological polar surface area (TPSA) is 17.1 Å². The summed E-state index contributed by atoms with van der Waals surface area (Å²) in [6, 6.07) is 5.42. The number of ketones is 1. The molecule has 0 radical (unpaired) electrons. The van der Waals surface area contributed by atoms with Gasteiger partial charge in [0.05, 0.1) is 10.0 Å². The summed E-state index contributed by atoms with van der Waals surface area (Å²) in [5.74, 6) is -0.839. The van der Waals surface area contributed by atoms with Crippen LogP contribution >= 0.6 is 23.2 Å². The Morgan fingerprint density at radius 3 is 2.71 bits per heavy atom. The monoisotopic (exact) mass is 272 g/mol. The minimum absolute atomic E-state index is 0.0937. The van der Waals surface area contributed by atoms with Crippen molar-refractivity contribution in [3.8, 4) is 0 Å². The Labute approximate surface area is 109 Å². The van der Waals surface area contributed by atoms with Crippen LogP contribution in [0.5, 0.6) is 0 Å². The molecular weight excluding hydrogens is 262 g/mol. The van der Waals surface area contributed by atoms with E-state index in [1.165, 1.54) is 13.0 Å². The fourth-order valence-corrected chi connectivity index (χ4v) is 2.14. The molecule has 0 heterocycles. The number of rotatable bonds is 3. The third-order valence-electron chi connectivity index (χ3n) is 2.91. The highest BCUT2D eigenvalue weighted by atomic mass is 35.5. The van der Waals surface area contributed by atoms with E-state index in [-0.39, 0.29) is 11.8 Å². The first kappa shape index (κ1) is 12.6. The van der Waals surface area contributed by atoms with Crippen molar-refractivity contribution in [1.29, 1.82) is 0 Å². The van der Waals surface area contributed by atoms with Crippen molar-refractivity contribution in [3.63, 3.8) is 0 Å². The summed E-state index contributed by atoms with van der Waals surface area (Å²) in [4.78, 5) is 10.8. The first-order chi connectivity index (χ1) is 7.99. The Balaban J connectivity index is 2.10. The van der Waals surface area contributed by atoms with Gasteiger partial charge in [0.15, 0.2) is 11.6 Å². The maximum absolute atomic E-state index is 13.1. The van der Waals surface area contributed by atoms with Crippen LogP contribution in [0.25, 0.3) is 0 Å². The van der Waals surface area contributed by atoms with Gasteiger partial charge < -0.3 is 0 Å². The number of carbonyl (C=O) groups is 1. The Hall–Kier alpha value is -0.860. The summed E-state index contributed by atoms with van der Waals surface area (Å²) in [5.41, 5.74) is 1.04. The fraction of sp³-hybridized carbons (Fsp3) is 0.308. The van der Waals surface area contributed by atoms with Crippen molar-refractivity contribution in [2.45, 2.75) is 19.3 Å². The van der Waals surface area contributed by atoms with E-state index in [2.05, 4.69) is 0 Å². The number of benzene rings is 1. The highest BCUT2D eigenvalue weighted by Crippen LogP contribution is 2.49. The van der Waals surface area contributed by atoms with Gasteiger partial charge in [-0.15, -0.1) is 0 Å². The normalized spacial score (nSPS) is 23.6. The first-order valence-electron chi connectivity index (χ1n) is 5.32. The van der Waals surface area contributed by atoms with E-state index < -0.39 is 11.6 Å². The second-order valence-electron chi connectivity index (χ2n) is 4.25. The molecule has 4 heteroatoms. The second-order valence-corrected chi connectivity index (χ2v) is 5.06. The van der Waals surface area contributed by atoms with Gasteiger partial charge in [0, 0.05) is 6.92 Å². The molecule has 90 valence electrons. The molecule has 1 nitrogen and oxygen atoms in total. The van der Waals surface area contributed by atoms with Crippen molar-refractivity contribution in [2.75, 3.05) is 0 Å². The van der Waals surface area contributed by atoms with Gasteiger partial charge in [0.1, 0.15) is 0 Å². The first-order valence-corrected chi connectivity index (χ1v) is 6.08. The predicted molar refractivity (Wildman–Crippen MR) is 67.2 cm³/mol.